The molecule has 4 rings (SSSR count). The lowest BCUT2D eigenvalue weighted by atomic mass is 9.68. The van der Waals surface area contributed by atoms with Crippen molar-refractivity contribution in [2.45, 2.75) is 70.4 Å². The number of hydrogen-bond acceptors (Lipinski definition) is 6. The molecule has 25 heavy (non-hydrogen) atoms. The van der Waals surface area contributed by atoms with E-state index < -0.39 is 35.3 Å². The van der Waals surface area contributed by atoms with Crippen molar-refractivity contribution in [3.05, 3.63) is 12.2 Å². The Morgan fingerprint density at radius 1 is 1.24 bits per heavy atom. The van der Waals surface area contributed by atoms with Gasteiger partial charge in [-0.15, -0.1) is 0 Å². The van der Waals surface area contributed by atoms with E-state index in [-0.39, 0.29) is 11.5 Å². The summed E-state index contributed by atoms with van der Waals surface area (Å²) in [5, 5.41) is 11.0. The molecule has 0 amide bonds. The van der Waals surface area contributed by atoms with Crippen LogP contribution < -0.4 is 0 Å². The van der Waals surface area contributed by atoms with Crippen LogP contribution in [0.5, 0.6) is 0 Å². The molecule has 0 aromatic carbocycles. The van der Waals surface area contributed by atoms with Crippen molar-refractivity contribution >= 4 is 11.9 Å². The second-order valence-corrected chi connectivity index (χ2v) is 8.77. The van der Waals surface area contributed by atoms with Gasteiger partial charge in [0.15, 0.2) is 12.2 Å². The van der Waals surface area contributed by atoms with E-state index >= 15 is 0 Å². The second-order valence-electron chi connectivity index (χ2n) is 8.77. The molecule has 1 N–H and O–H groups in total. The Balaban J connectivity index is 1.37. The smallest absolute Gasteiger partial charge is 0.346 e. The normalized spacial score (nSPS) is 45.8. The molecule has 5 atom stereocenters. The van der Waals surface area contributed by atoms with Gasteiger partial charge in [-0.1, -0.05) is 26.8 Å². The van der Waals surface area contributed by atoms with Crippen molar-refractivity contribution < 1.29 is 28.9 Å². The summed E-state index contributed by atoms with van der Waals surface area (Å²) in [5.41, 5.74) is -1.62. The monoisotopic (exact) mass is 350 g/mol. The number of aliphatic hydroxyl groups is 1. The van der Waals surface area contributed by atoms with Crippen molar-refractivity contribution in [1.82, 2.24) is 0 Å². The zero-order chi connectivity index (χ0) is 18.1. The van der Waals surface area contributed by atoms with Gasteiger partial charge >= 0.3 is 11.9 Å². The van der Waals surface area contributed by atoms with Gasteiger partial charge in [-0.2, -0.15) is 0 Å². The summed E-state index contributed by atoms with van der Waals surface area (Å²) in [7, 11) is 0. The molecule has 4 bridgehead atoms. The van der Waals surface area contributed by atoms with Crippen molar-refractivity contribution in [3.8, 4) is 0 Å². The Bertz CT molecular complexity index is 654. The predicted molar refractivity (Wildman–Crippen MR) is 87.2 cm³/mol. The molecule has 2 saturated carbocycles. The zero-order valence-electron chi connectivity index (χ0n) is 15.0. The van der Waals surface area contributed by atoms with Crippen molar-refractivity contribution in [2.75, 3.05) is 6.61 Å². The molecule has 2 aliphatic carbocycles. The predicted octanol–water partition coefficient (Wildman–Crippen LogP) is 2.10. The minimum absolute atomic E-state index is 0.0311. The fraction of sp³-hybridized carbons (Fsp3) is 0.789. The van der Waals surface area contributed by atoms with Crippen LogP contribution in [0.25, 0.3) is 0 Å². The molecule has 0 spiro atoms. The zero-order valence-corrected chi connectivity index (χ0v) is 15.0. The van der Waals surface area contributed by atoms with Gasteiger partial charge in [0.05, 0.1) is 6.10 Å². The third kappa shape index (κ3) is 2.16. The highest BCUT2D eigenvalue weighted by Gasteiger charge is 2.70. The molecule has 2 aliphatic heterocycles. The molecule has 6 heteroatoms. The van der Waals surface area contributed by atoms with Crippen LogP contribution in [0.3, 0.4) is 0 Å². The number of esters is 2. The van der Waals surface area contributed by atoms with E-state index in [4.69, 9.17) is 14.2 Å². The van der Waals surface area contributed by atoms with E-state index in [1.807, 2.05) is 13.0 Å². The summed E-state index contributed by atoms with van der Waals surface area (Å²) in [4.78, 5) is 24.5. The third-order valence-corrected chi connectivity index (χ3v) is 7.51. The minimum Gasteiger partial charge on any atom is -0.451 e. The number of fused-ring (bicyclic) bond motifs is 4. The summed E-state index contributed by atoms with van der Waals surface area (Å²) in [5.74, 6) is -2.45. The first-order valence-electron chi connectivity index (χ1n) is 9.11. The summed E-state index contributed by atoms with van der Waals surface area (Å²) in [6.07, 6.45) is 7.17. The SMILES string of the molecule is CC1(C)C2CCC1(C)C(O)(OC(=O)COC(=O)C13C=CC(CC1)O3)C2. The number of hydrogen-bond donors (Lipinski definition) is 1. The number of carbonyl (C=O) groups excluding carboxylic acids is 2. The Hall–Kier alpha value is -1.40. The summed E-state index contributed by atoms with van der Waals surface area (Å²) >= 11 is 0. The van der Waals surface area contributed by atoms with E-state index in [2.05, 4.69) is 13.8 Å². The number of carbonyl (C=O) groups is 2. The van der Waals surface area contributed by atoms with Crippen LogP contribution in [-0.2, 0) is 23.8 Å². The molecule has 5 unspecified atom stereocenters. The summed E-state index contributed by atoms with van der Waals surface area (Å²) in [6, 6.07) is 0. The van der Waals surface area contributed by atoms with Gasteiger partial charge in [0.1, 0.15) is 0 Å². The van der Waals surface area contributed by atoms with E-state index in [1.165, 1.54) is 0 Å². The molecule has 3 fully saturated rings. The van der Waals surface area contributed by atoms with Gasteiger partial charge in [-0.25, -0.2) is 9.59 Å². The molecular weight excluding hydrogens is 324 g/mol. The lowest BCUT2D eigenvalue weighted by Gasteiger charge is -2.43. The van der Waals surface area contributed by atoms with Crippen LogP contribution in [0, 0.1) is 16.7 Å². The van der Waals surface area contributed by atoms with Crippen LogP contribution >= 0.6 is 0 Å². The Kier molecular flexibility index (Phi) is 3.46. The highest BCUT2D eigenvalue weighted by atomic mass is 16.7. The lowest BCUT2D eigenvalue weighted by molar-refractivity contribution is -0.263. The van der Waals surface area contributed by atoms with E-state index in [1.54, 1.807) is 6.08 Å². The van der Waals surface area contributed by atoms with Crippen LogP contribution in [0.4, 0.5) is 0 Å². The second kappa shape index (κ2) is 5.07. The first-order valence-corrected chi connectivity index (χ1v) is 9.11. The van der Waals surface area contributed by atoms with Crippen molar-refractivity contribution in [2.24, 2.45) is 16.7 Å². The quantitative estimate of drug-likeness (QED) is 0.475. The highest BCUT2D eigenvalue weighted by molar-refractivity contribution is 5.85. The molecule has 1 saturated heterocycles. The first kappa shape index (κ1) is 17.0. The van der Waals surface area contributed by atoms with Gasteiger partial charge in [0.2, 0.25) is 5.79 Å². The van der Waals surface area contributed by atoms with Gasteiger partial charge in [0.25, 0.3) is 0 Å². The van der Waals surface area contributed by atoms with Crippen LogP contribution in [0.1, 0.15) is 52.9 Å². The average Bonchev–Trinajstić information content (AvgIpc) is 3.25. The molecule has 6 nitrogen and oxygen atoms in total. The van der Waals surface area contributed by atoms with Crippen molar-refractivity contribution in [3.63, 3.8) is 0 Å². The molecule has 4 aliphatic rings. The number of ether oxygens (including phenoxy) is 3. The average molecular weight is 350 g/mol. The van der Waals surface area contributed by atoms with Crippen LogP contribution in [0.2, 0.25) is 0 Å². The maximum atomic E-state index is 12.3. The third-order valence-electron chi connectivity index (χ3n) is 7.51. The molecule has 2 heterocycles. The standard InChI is InChI=1S/C19H26O6/c1-16(2)12-4-7-17(16,3)19(22,10-12)25-14(20)11-23-15(21)18-8-5-13(24-18)6-9-18/h5,8,12-13,22H,4,6-7,9-11H2,1-3H3. The minimum atomic E-state index is -1.50. The maximum Gasteiger partial charge on any atom is 0.346 e. The van der Waals surface area contributed by atoms with Gasteiger partial charge < -0.3 is 19.3 Å². The van der Waals surface area contributed by atoms with E-state index in [9.17, 15) is 14.7 Å². The molecule has 0 aromatic rings. The Morgan fingerprint density at radius 2 is 2.00 bits per heavy atom. The fourth-order valence-electron chi connectivity index (χ4n) is 5.31. The Morgan fingerprint density at radius 3 is 2.48 bits per heavy atom. The van der Waals surface area contributed by atoms with E-state index in [0.29, 0.717) is 18.8 Å². The summed E-state index contributed by atoms with van der Waals surface area (Å²) < 4.78 is 16.2. The maximum absolute atomic E-state index is 12.3. The number of rotatable bonds is 4. The van der Waals surface area contributed by atoms with Gasteiger partial charge in [0, 0.05) is 11.8 Å². The summed E-state index contributed by atoms with van der Waals surface area (Å²) in [6.45, 7) is 5.71. The molecule has 0 radical (unpaired) electrons. The largest absolute Gasteiger partial charge is 0.451 e. The van der Waals surface area contributed by atoms with Crippen LogP contribution in [0.15, 0.2) is 12.2 Å². The molecular formula is C19H26O6. The van der Waals surface area contributed by atoms with Gasteiger partial charge in [-0.05, 0) is 43.1 Å². The Labute approximate surface area is 147 Å². The van der Waals surface area contributed by atoms with E-state index in [0.717, 1.165) is 19.3 Å². The fourth-order valence-corrected chi connectivity index (χ4v) is 5.31. The highest BCUT2D eigenvalue weighted by Crippen LogP contribution is 2.69. The van der Waals surface area contributed by atoms with Crippen LogP contribution in [-0.4, -0.2) is 41.1 Å². The van der Waals surface area contributed by atoms with Crippen molar-refractivity contribution in [1.29, 1.82) is 0 Å². The first-order chi connectivity index (χ1) is 11.6. The topological polar surface area (TPSA) is 82.1 Å². The molecule has 138 valence electrons. The molecule has 0 aromatic heterocycles. The van der Waals surface area contributed by atoms with Gasteiger partial charge in [-0.3, -0.25) is 0 Å². The lowest BCUT2D eigenvalue weighted by Crippen LogP contribution is -2.51.